The van der Waals surface area contributed by atoms with Gasteiger partial charge in [-0.05, 0) is 47.0 Å². The van der Waals surface area contributed by atoms with Gasteiger partial charge in [0.05, 0.1) is 11.4 Å². The van der Waals surface area contributed by atoms with Gasteiger partial charge in [-0.15, -0.1) is 0 Å². The Hall–Kier alpha value is -2.37. The number of benzene rings is 2. The van der Waals surface area contributed by atoms with Gasteiger partial charge in [0.25, 0.3) is 5.56 Å². The van der Waals surface area contributed by atoms with Crippen LogP contribution in [0.5, 0.6) is 0 Å². The highest BCUT2D eigenvalue weighted by Gasteiger charge is 2.08. The van der Waals surface area contributed by atoms with E-state index >= 15 is 0 Å². The molecule has 0 saturated heterocycles. The fourth-order valence-corrected chi connectivity index (χ4v) is 3.26. The summed E-state index contributed by atoms with van der Waals surface area (Å²) < 4.78 is 24.7. The Morgan fingerprint density at radius 1 is 0.880 bits per heavy atom. The van der Waals surface area contributed by atoms with Crippen molar-refractivity contribution in [2.24, 2.45) is 0 Å². The lowest BCUT2D eigenvalue weighted by atomic mass is 10.1. The van der Waals surface area contributed by atoms with Gasteiger partial charge in [0, 0.05) is 23.5 Å². The van der Waals surface area contributed by atoms with E-state index in [-0.39, 0.29) is 10.5 Å². The summed E-state index contributed by atoms with van der Waals surface area (Å²) in [5, 5.41) is 0.649. The normalized spacial score (nSPS) is 11.4. The van der Waals surface area contributed by atoms with Gasteiger partial charge in [-0.3, -0.25) is 4.79 Å². The molecule has 0 unspecified atom stereocenters. The lowest BCUT2D eigenvalue weighted by Crippen LogP contribution is -2.19. The van der Waals surface area contributed by atoms with Crippen molar-refractivity contribution in [2.75, 3.05) is 6.26 Å². The second-order valence-corrected chi connectivity index (χ2v) is 8.26. The van der Waals surface area contributed by atoms with Crippen LogP contribution in [0, 0.1) is 0 Å². The van der Waals surface area contributed by atoms with Crippen LogP contribution in [0.4, 0.5) is 0 Å². The lowest BCUT2D eigenvalue weighted by Gasteiger charge is -2.09. The Bertz CT molecular complexity index is 1050. The quantitative estimate of drug-likeness (QED) is 0.701. The minimum atomic E-state index is -3.23. The molecule has 0 aliphatic carbocycles. The van der Waals surface area contributed by atoms with Crippen molar-refractivity contribution in [3.05, 3.63) is 87.8 Å². The highest BCUT2D eigenvalue weighted by atomic mass is 35.5. The summed E-state index contributed by atoms with van der Waals surface area (Å²) in [6.07, 6.45) is 2.95. The molecular weight excluding hydrogens is 358 g/mol. The number of halogens is 1. The smallest absolute Gasteiger partial charge is 0.250 e. The van der Waals surface area contributed by atoms with Crippen LogP contribution in [0.2, 0.25) is 5.02 Å². The molecule has 2 aromatic carbocycles. The second-order valence-electron chi connectivity index (χ2n) is 5.81. The number of rotatable bonds is 4. The summed E-state index contributed by atoms with van der Waals surface area (Å²) in [5.41, 5.74) is 2.55. The number of hydrogen-bond acceptors (Lipinski definition) is 3. The zero-order valence-corrected chi connectivity index (χ0v) is 15.1. The number of aromatic nitrogens is 1. The highest BCUT2D eigenvalue weighted by Crippen LogP contribution is 2.20. The maximum absolute atomic E-state index is 12.1. The topological polar surface area (TPSA) is 56.1 Å². The van der Waals surface area contributed by atoms with Crippen LogP contribution in [0.15, 0.2) is 76.6 Å². The van der Waals surface area contributed by atoms with E-state index in [1.165, 1.54) is 12.3 Å². The van der Waals surface area contributed by atoms with E-state index in [9.17, 15) is 13.2 Å². The van der Waals surface area contributed by atoms with Crippen LogP contribution in [0.3, 0.4) is 0 Å². The Labute approximate surface area is 151 Å². The van der Waals surface area contributed by atoms with E-state index in [1.807, 2.05) is 12.1 Å². The Morgan fingerprint density at radius 2 is 1.48 bits per heavy atom. The van der Waals surface area contributed by atoms with Crippen molar-refractivity contribution in [3.63, 3.8) is 0 Å². The molecule has 0 aliphatic heterocycles. The van der Waals surface area contributed by atoms with Crippen molar-refractivity contribution < 1.29 is 8.42 Å². The fourth-order valence-electron chi connectivity index (χ4n) is 2.51. The van der Waals surface area contributed by atoms with Gasteiger partial charge in [-0.25, -0.2) is 8.42 Å². The van der Waals surface area contributed by atoms with Crippen molar-refractivity contribution in [1.82, 2.24) is 4.57 Å². The number of hydrogen-bond donors (Lipinski definition) is 0. The Kier molecular flexibility index (Phi) is 4.79. The molecule has 4 nitrogen and oxygen atoms in total. The van der Waals surface area contributed by atoms with Crippen molar-refractivity contribution in [2.45, 2.75) is 11.4 Å². The average Bonchev–Trinajstić information content (AvgIpc) is 2.58. The number of pyridine rings is 1. The van der Waals surface area contributed by atoms with Crippen molar-refractivity contribution >= 4 is 21.4 Å². The summed E-state index contributed by atoms with van der Waals surface area (Å²) in [5.74, 6) is 0. The molecule has 3 rings (SSSR count). The third-order valence-electron chi connectivity index (χ3n) is 3.87. The summed E-state index contributed by atoms with van der Waals surface area (Å²) in [7, 11) is -3.23. The predicted molar refractivity (Wildman–Crippen MR) is 99.8 cm³/mol. The third kappa shape index (κ3) is 4.18. The number of nitrogens with zero attached hydrogens (tertiary/aromatic N) is 1. The van der Waals surface area contributed by atoms with Crippen LogP contribution in [-0.4, -0.2) is 19.2 Å². The molecule has 0 aliphatic rings. The van der Waals surface area contributed by atoms with Gasteiger partial charge in [0.2, 0.25) is 0 Å². The molecule has 0 spiro atoms. The SMILES string of the molecule is CS(=O)(=O)c1ccc(-c2ccc(=O)n(Cc3ccc(Cl)cc3)c2)cc1. The first-order valence-electron chi connectivity index (χ1n) is 7.58. The van der Waals surface area contributed by atoms with Gasteiger partial charge in [-0.2, -0.15) is 0 Å². The maximum atomic E-state index is 12.1. The predicted octanol–water partition coefficient (Wildman–Crippen LogP) is 3.62. The Balaban J connectivity index is 1.93. The molecule has 1 aromatic heterocycles. The molecule has 6 heteroatoms. The van der Waals surface area contributed by atoms with E-state index in [0.717, 1.165) is 16.7 Å². The van der Waals surface area contributed by atoms with Gasteiger partial charge in [0.1, 0.15) is 0 Å². The third-order valence-corrected chi connectivity index (χ3v) is 5.25. The fraction of sp³-hybridized carbons (Fsp3) is 0.105. The summed E-state index contributed by atoms with van der Waals surface area (Å²) in [6.45, 7) is 0.436. The molecule has 0 atom stereocenters. The van der Waals surface area contributed by atoms with Crippen LogP contribution in [-0.2, 0) is 16.4 Å². The van der Waals surface area contributed by atoms with E-state index in [1.54, 1.807) is 53.2 Å². The molecule has 128 valence electrons. The Morgan fingerprint density at radius 3 is 2.08 bits per heavy atom. The van der Waals surface area contributed by atoms with Crippen LogP contribution >= 0.6 is 11.6 Å². The first kappa shape index (κ1) is 17.5. The average molecular weight is 374 g/mol. The molecule has 0 N–H and O–H groups in total. The lowest BCUT2D eigenvalue weighted by molar-refractivity contribution is 0.602. The van der Waals surface area contributed by atoms with E-state index in [4.69, 9.17) is 11.6 Å². The molecule has 1 heterocycles. The van der Waals surface area contributed by atoms with Gasteiger partial charge in [0.15, 0.2) is 9.84 Å². The van der Waals surface area contributed by atoms with Gasteiger partial charge < -0.3 is 4.57 Å². The second kappa shape index (κ2) is 6.86. The van der Waals surface area contributed by atoms with Crippen molar-refractivity contribution in [3.8, 4) is 11.1 Å². The van der Waals surface area contributed by atoms with Crippen molar-refractivity contribution in [1.29, 1.82) is 0 Å². The summed E-state index contributed by atoms with van der Waals surface area (Å²) in [4.78, 5) is 12.4. The molecule has 0 radical (unpaired) electrons. The first-order valence-corrected chi connectivity index (χ1v) is 9.85. The van der Waals surface area contributed by atoms with E-state index in [0.29, 0.717) is 11.6 Å². The zero-order valence-electron chi connectivity index (χ0n) is 13.5. The summed E-state index contributed by atoms with van der Waals surface area (Å²) in [6, 6.07) is 17.2. The molecule has 3 aromatic rings. The van der Waals surface area contributed by atoms with Crippen LogP contribution in [0.25, 0.3) is 11.1 Å². The molecule has 25 heavy (non-hydrogen) atoms. The summed E-state index contributed by atoms with van der Waals surface area (Å²) >= 11 is 5.88. The van der Waals surface area contributed by atoms with Crippen LogP contribution < -0.4 is 5.56 Å². The molecule has 0 amide bonds. The molecule has 0 saturated carbocycles. The van der Waals surface area contributed by atoms with E-state index < -0.39 is 9.84 Å². The van der Waals surface area contributed by atoms with Gasteiger partial charge in [-0.1, -0.05) is 35.9 Å². The first-order chi connectivity index (χ1) is 11.8. The largest absolute Gasteiger partial charge is 0.310 e. The molecule has 0 fully saturated rings. The maximum Gasteiger partial charge on any atom is 0.250 e. The standard InChI is InChI=1S/C19H16ClNO3S/c1-25(23,24)18-9-4-15(5-10-18)16-6-11-19(22)21(13-16)12-14-2-7-17(20)8-3-14/h2-11,13H,12H2,1H3. The monoisotopic (exact) mass is 373 g/mol. The van der Waals surface area contributed by atoms with E-state index in [2.05, 4.69) is 0 Å². The number of sulfone groups is 1. The molecule has 0 bridgehead atoms. The minimum absolute atomic E-state index is 0.105. The minimum Gasteiger partial charge on any atom is -0.310 e. The highest BCUT2D eigenvalue weighted by molar-refractivity contribution is 7.90. The molecular formula is C19H16ClNO3S. The van der Waals surface area contributed by atoms with Crippen LogP contribution in [0.1, 0.15) is 5.56 Å². The zero-order chi connectivity index (χ0) is 18.0. The van der Waals surface area contributed by atoms with Gasteiger partial charge >= 0.3 is 0 Å².